The van der Waals surface area contributed by atoms with Gasteiger partial charge in [-0.1, -0.05) is 12.7 Å². The van der Waals surface area contributed by atoms with Gasteiger partial charge < -0.3 is 10.6 Å². The maximum Gasteiger partial charge on any atom is 0.243 e. The first-order valence-corrected chi connectivity index (χ1v) is 4.87. The van der Waals surface area contributed by atoms with E-state index in [1.165, 1.54) is 0 Å². The van der Waals surface area contributed by atoms with Gasteiger partial charge in [0.15, 0.2) is 0 Å². The summed E-state index contributed by atoms with van der Waals surface area (Å²) in [5.74, 6) is -0.137. The number of allylic oxidation sites excluding steroid dienone is 1. The molecule has 0 radical (unpaired) electrons. The molecule has 1 heterocycles. The van der Waals surface area contributed by atoms with Gasteiger partial charge in [-0.15, -0.1) is 0 Å². The molecule has 84 valence electrons. The van der Waals surface area contributed by atoms with Gasteiger partial charge in [0, 0.05) is 18.5 Å². The van der Waals surface area contributed by atoms with Crippen molar-refractivity contribution in [2.24, 2.45) is 5.73 Å². The molecule has 0 unspecified atom stereocenters. The summed E-state index contributed by atoms with van der Waals surface area (Å²) in [6, 6.07) is 0. The smallest absolute Gasteiger partial charge is 0.243 e. The maximum atomic E-state index is 10.7. The standard InChI is InChI=1S/C6H9NO.C5H9NO/c1-2-7-5-3-4-6(7)8;1-3-4(2)5(6)7/h2H,1,3-5H2;3H,1-2H3,(H2,6,7). The Hall–Kier alpha value is -1.58. The van der Waals surface area contributed by atoms with Gasteiger partial charge >= 0.3 is 0 Å². The SMILES string of the molecule is C=CN1CCCC1=O.CC=C(C)C(N)=O. The molecule has 1 aliphatic heterocycles. The lowest BCUT2D eigenvalue weighted by molar-refractivity contribution is -0.125. The Morgan fingerprint density at radius 2 is 2.20 bits per heavy atom. The number of amides is 2. The Morgan fingerprint density at radius 1 is 1.60 bits per heavy atom. The molecule has 0 aromatic rings. The maximum absolute atomic E-state index is 10.7. The number of likely N-dealkylation sites (tertiary alicyclic amines) is 1. The van der Waals surface area contributed by atoms with Crippen LogP contribution in [0.25, 0.3) is 0 Å². The van der Waals surface area contributed by atoms with E-state index in [-0.39, 0.29) is 11.8 Å². The predicted molar refractivity (Wildman–Crippen MR) is 59.8 cm³/mol. The van der Waals surface area contributed by atoms with Crippen LogP contribution in [0.3, 0.4) is 0 Å². The van der Waals surface area contributed by atoms with Crippen LogP contribution in [0.2, 0.25) is 0 Å². The third-order valence-electron chi connectivity index (χ3n) is 2.15. The molecular formula is C11H18N2O2. The largest absolute Gasteiger partial charge is 0.366 e. The van der Waals surface area contributed by atoms with E-state index in [1.807, 2.05) is 0 Å². The van der Waals surface area contributed by atoms with E-state index in [4.69, 9.17) is 5.73 Å². The van der Waals surface area contributed by atoms with Gasteiger partial charge in [-0.3, -0.25) is 9.59 Å². The molecule has 0 atom stereocenters. The van der Waals surface area contributed by atoms with Crippen LogP contribution in [-0.4, -0.2) is 23.3 Å². The molecule has 0 aromatic heterocycles. The zero-order chi connectivity index (χ0) is 11.8. The molecule has 2 N–H and O–H groups in total. The third-order valence-corrected chi connectivity index (χ3v) is 2.15. The molecule has 1 fully saturated rings. The quantitative estimate of drug-likeness (QED) is 0.696. The zero-order valence-corrected chi connectivity index (χ0v) is 9.32. The number of primary amides is 1. The lowest BCUT2D eigenvalue weighted by atomic mass is 10.3. The highest BCUT2D eigenvalue weighted by Crippen LogP contribution is 2.08. The van der Waals surface area contributed by atoms with Crippen LogP contribution in [0.1, 0.15) is 26.7 Å². The number of nitrogens with zero attached hydrogens (tertiary/aromatic N) is 1. The van der Waals surface area contributed by atoms with Gasteiger partial charge in [-0.25, -0.2) is 0 Å². The van der Waals surface area contributed by atoms with Crippen molar-refractivity contribution in [2.45, 2.75) is 26.7 Å². The summed E-state index contributed by atoms with van der Waals surface area (Å²) in [4.78, 5) is 22.4. The first-order chi connectivity index (χ1) is 7.02. The van der Waals surface area contributed by atoms with Gasteiger partial charge in [0.2, 0.25) is 11.8 Å². The Bertz CT molecular complexity index is 282. The molecule has 0 aliphatic carbocycles. The van der Waals surface area contributed by atoms with E-state index >= 15 is 0 Å². The fourth-order valence-corrected chi connectivity index (χ4v) is 1.00. The van der Waals surface area contributed by atoms with Gasteiger partial charge in [0.05, 0.1) is 0 Å². The molecule has 4 heteroatoms. The van der Waals surface area contributed by atoms with Crippen molar-refractivity contribution in [1.82, 2.24) is 4.90 Å². The molecule has 0 bridgehead atoms. The minimum absolute atomic E-state index is 0.208. The second-order valence-electron chi connectivity index (χ2n) is 3.21. The van der Waals surface area contributed by atoms with Crippen molar-refractivity contribution in [3.8, 4) is 0 Å². The van der Waals surface area contributed by atoms with Crippen LogP contribution >= 0.6 is 0 Å². The average molecular weight is 210 g/mol. The number of carbonyl (C=O) groups is 2. The summed E-state index contributed by atoms with van der Waals surface area (Å²) in [7, 11) is 0. The van der Waals surface area contributed by atoms with Gasteiger partial charge in [0.25, 0.3) is 0 Å². The number of hydrogen-bond donors (Lipinski definition) is 1. The predicted octanol–water partition coefficient (Wildman–Crippen LogP) is 1.19. The van der Waals surface area contributed by atoms with Crippen LogP contribution in [0, 0.1) is 0 Å². The van der Waals surface area contributed by atoms with E-state index in [0.717, 1.165) is 13.0 Å². The summed E-state index contributed by atoms with van der Waals surface area (Å²) in [5.41, 5.74) is 5.45. The summed E-state index contributed by atoms with van der Waals surface area (Å²) >= 11 is 0. The van der Waals surface area contributed by atoms with E-state index in [0.29, 0.717) is 12.0 Å². The highest BCUT2D eigenvalue weighted by atomic mass is 16.2. The molecule has 0 aromatic carbocycles. The lowest BCUT2D eigenvalue weighted by Crippen LogP contribution is -2.16. The summed E-state index contributed by atoms with van der Waals surface area (Å²) in [6.07, 6.45) is 4.97. The van der Waals surface area contributed by atoms with Crippen LogP contribution in [-0.2, 0) is 9.59 Å². The molecular weight excluding hydrogens is 192 g/mol. The fourth-order valence-electron chi connectivity index (χ4n) is 1.00. The Balaban J connectivity index is 0.000000265. The van der Waals surface area contributed by atoms with Crippen molar-refractivity contribution < 1.29 is 9.59 Å². The zero-order valence-electron chi connectivity index (χ0n) is 9.32. The van der Waals surface area contributed by atoms with Crippen LogP contribution in [0.15, 0.2) is 24.4 Å². The minimum Gasteiger partial charge on any atom is -0.366 e. The number of hydrogen-bond acceptors (Lipinski definition) is 2. The molecule has 1 saturated heterocycles. The third kappa shape index (κ3) is 5.00. The normalized spacial score (nSPS) is 15.7. The molecule has 1 rings (SSSR count). The second kappa shape index (κ2) is 6.81. The lowest BCUT2D eigenvalue weighted by Gasteiger charge is -2.05. The highest BCUT2D eigenvalue weighted by molar-refractivity contribution is 5.91. The first kappa shape index (κ1) is 13.4. The highest BCUT2D eigenvalue weighted by Gasteiger charge is 2.15. The van der Waals surface area contributed by atoms with Gasteiger partial charge in [-0.2, -0.15) is 0 Å². The fraction of sp³-hybridized carbons (Fsp3) is 0.455. The molecule has 0 saturated carbocycles. The van der Waals surface area contributed by atoms with Crippen LogP contribution < -0.4 is 5.73 Å². The number of nitrogens with two attached hydrogens (primary N) is 1. The van der Waals surface area contributed by atoms with Gasteiger partial charge in [-0.05, 0) is 26.5 Å². The van der Waals surface area contributed by atoms with Crippen molar-refractivity contribution in [2.75, 3.05) is 6.54 Å². The first-order valence-electron chi connectivity index (χ1n) is 4.87. The average Bonchev–Trinajstić information content (AvgIpc) is 2.63. The summed E-state index contributed by atoms with van der Waals surface area (Å²) in [5, 5.41) is 0. The van der Waals surface area contributed by atoms with E-state index in [9.17, 15) is 9.59 Å². The number of rotatable bonds is 2. The van der Waals surface area contributed by atoms with Crippen molar-refractivity contribution in [3.63, 3.8) is 0 Å². The van der Waals surface area contributed by atoms with Crippen molar-refractivity contribution in [3.05, 3.63) is 24.4 Å². The molecule has 15 heavy (non-hydrogen) atoms. The van der Waals surface area contributed by atoms with Crippen LogP contribution in [0.5, 0.6) is 0 Å². The molecule has 2 amide bonds. The van der Waals surface area contributed by atoms with Crippen molar-refractivity contribution in [1.29, 1.82) is 0 Å². The molecule has 0 spiro atoms. The Labute approximate surface area is 90.4 Å². The summed E-state index contributed by atoms with van der Waals surface area (Å²) < 4.78 is 0. The number of carbonyl (C=O) groups excluding carboxylic acids is 2. The van der Waals surface area contributed by atoms with E-state index in [2.05, 4.69) is 6.58 Å². The summed E-state index contributed by atoms with van der Waals surface area (Å²) in [6.45, 7) is 7.82. The van der Waals surface area contributed by atoms with Gasteiger partial charge in [0.1, 0.15) is 0 Å². The second-order valence-corrected chi connectivity index (χ2v) is 3.21. The van der Waals surface area contributed by atoms with E-state index < -0.39 is 0 Å². The van der Waals surface area contributed by atoms with Crippen LogP contribution in [0.4, 0.5) is 0 Å². The minimum atomic E-state index is -0.345. The molecule has 4 nitrogen and oxygen atoms in total. The topological polar surface area (TPSA) is 63.4 Å². The molecule has 1 aliphatic rings. The Morgan fingerprint density at radius 3 is 2.33 bits per heavy atom. The Kier molecular flexibility index (Phi) is 6.09. The van der Waals surface area contributed by atoms with Crippen molar-refractivity contribution >= 4 is 11.8 Å². The van der Waals surface area contributed by atoms with E-state index in [1.54, 1.807) is 31.0 Å². The monoisotopic (exact) mass is 210 g/mol.